The van der Waals surface area contributed by atoms with Crippen LogP contribution in [0.15, 0.2) is 41.3 Å². The topological polar surface area (TPSA) is 84.9 Å². The quantitative estimate of drug-likeness (QED) is 0.769. The van der Waals surface area contributed by atoms with Crippen LogP contribution in [0.3, 0.4) is 0 Å². The highest BCUT2D eigenvalue weighted by Crippen LogP contribution is 2.30. The van der Waals surface area contributed by atoms with Crippen molar-refractivity contribution >= 4 is 27.5 Å². The van der Waals surface area contributed by atoms with Gasteiger partial charge in [0.05, 0.1) is 15.5 Å². The summed E-state index contributed by atoms with van der Waals surface area (Å²) in [6.07, 6.45) is 0.579. The number of nitrogens with one attached hydrogen (secondary N) is 1. The van der Waals surface area contributed by atoms with Gasteiger partial charge < -0.3 is 14.8 Å². The summed E-state index contributed by atoms with van der Waals surface area (Å²) in [7, 11) is -0.798. The maximum atomic E-state index is 12.5. The zero-order chi connectivity index (χ0) is 20.3. The Balaban J connectivity index is 1.67. The molecule has 1 N–H and O–H groups in total. The molecule has 3 rings (SSSR count). The summed E-state index contributed by atoms with van der Waals surface area (Å²) in [5.74, 6) is 0.975. The monoisotopic (exact) mass is 424 g/mol. The largest absolute Gasteiger partial charge is 0.486 e. The molecule has 0 spiro atoms. The zero-order valence-corrected chi connectivity index (χ0v) is 17.1. The molecule has 0 bridgehead atoms. The maximum Gasteiger partial charge on any atom is 0.252 e. The number of nitrogens with zero attached hydrogens (tertiary/aromatic N) is 1. The van der Waals surface area contributed by atoms with Crippen LogP contribution in [0.25, 0.3) is 0 Å². The molecule has 0 fully saturated rings. The third-order valence-corrected chi connectivity index (χ3v) is 6.41. The van der Waals surface area contributed by atoms with Gasteiger partial charge in [0.25, 0.3) is 5.91 Å². The number of rotatable bonds is 6. The van der Waals surface area contributed by atoms with E-state index in [-0.39, 0.29) is 15.5 Å². The van der Waals surface area contributed by atoms with E-state index >= 15 is 0 Å². The Morgan fingerprint density at radius 2 is 1.82 bits per heavy atom. The van der Waals surface area contributed by atoms with Crippen molar-refractivity contribution in [2.45, 2.75) is 11.3 Å². The SMILES string of the molecule is CN(C)S(=O)(=O)c1ccc(Cl)c(C(=O)NCCc2ccc3c(c2)OCCO3)c1. The Morgan fingerprint density at radius 3 is 2.54 bits per heavy atom. The van der Waals surface area contributed by atoms with Crippen LogP contribution in [-0.2, 0) is 16.4 Å². The van der Waals surface area contributed by atoms with Crippen LogP contribution in [0.5, 0.6) is 11.5 Å². The molecule has 0 atom stereocenters. The summed E-state index contributed by atoms with van der Waals surface area (Å²) in [4.78, 5) is 12.5. The number of halogens is 1. The number of carbonyl (C=O) groups is 1. The summed E-state index contributed by atoms with van der Waals surface area (Å²) >= 11 is 6.10. The lowest BCUT2D eigenvalue weighted by Gasteiger charge is -2.19. The number of sulfonamides is 1. The van der Waals surface area contributed by atoms with Gasteiger partial charge in [0.2, 0.25) is 10.0 Å². The van der Waals surface area contributed by atoms with Crippen LogP contribution in [0.1, 0.15) is 15.9 Å². The van der Waals surface area contributed by atoms with Crippen LogP contribution in [0.4, 0.5) is 0 Å². The van der Waals surface area contributed by atoms with Crippen molar-refractivity contribution in [2.75, 3.05) is 33.9 Å². The number of ether oxygens (including phenoxy) is 2. The standard InChI is InChI=1S/C19H21ClN2O5S/c1-22(2)28(24,25)14-4-5-16(20)15(12-14)19(23)21-8-7-13-3-6-17-18(11-13)27-10-9-26-17/h3-6,11-12H,7-10H2,1-2H3,(H,21,23). The molecule has 1 amide bonds. The summed E-state index contributed by atoms with van der Waals surface area (Å²) in [6, 6.07) is 9.72. The molecule has 150 valence electrons. The third-order valence-electron chi connectivity index (χ3n) is 4.27. The highest BCUT2D eigenvalue weighted by atomic mass is 35.5. The lowest BCUT2D eigenvalue weighted by Crippen LogP contribution is -2.27. The molecule has 0 aliphatic carbocycles. The van der Waals surface area contributed by atoms with Gasteiger partial charge in [-0.1, -0.05) is 17.7 Å². The van der Waals surface area contributed by atoms with Crippen molar-refractivity contribution in [1.29, 1.82) is 0 Å². The Kier molecular flexibility index (Phi) is 6.12. The molecule has 1 heterocycles. The van der Waals surface area contributed by atoms with Gasteiger partial charge in [0, 0.05) is 20.6 Å². The van der Waals surface area contributed by atoms with E-state index in [1.165, 1.54) is 32.3 Å². The summed E-state index contributed by atoms with van der Waals surface area (Å²) in [6.45, 7) is 1.41. The fraction of sp³-hybridized carbons (Fsp3) is 0.316. The van der Waals surface area contributed by atoms with E-state index in [0.717, 1.165) is 9.87 Å². The predicted molar refractivity (Wildman–Crippen MR) is 106 cm³/mol. The number of benzene rings is 2. The Bertz CT molecular complexity index is 992. The fourth-order valence-electron chi connectivity index (χ4n) is 2.71. The highest BCUT2D eigenvalue weighted by Gasteiger charge is 2.20. The Hall–Kier alpha value is -2.29. The molecule has 0 aromatic heterocycles. The molecule has 2 aromatic carbocycles. The van der Waals surface area contributed by atoms with E-state index in [1.807, 2.05) is 18.2 Å². The van der Waals surface area contributed by atoms with Crippen molar-refractivity contribution in [2.24, 2.45) is 0 Å². The van der Waals surface area contributed by atoms with Crippen LogP contribution in [0, 0.1) is 0 Å². The number of amides is 1. The van der Waals surface area contributed by atoms with Gasteiger partial charge in [-0.3, -0.25) is 4.79 Å². The number of hydrogen-bond donors (Lipinski definition) is 1. The number of fused-ring (bicyclic) bond motifs is 1. The lowest BCUT2D eigenvalue weighted by molar-refractivity contribution is 0.0954. The third kappa shape index (κ3) is 4.40. The van der Waals surface area contributed by atoms with Crippen LogP contribution < -0.4 is 14.8 Å². The van der Waals surface area contributed by atoms with E-state index < -0.39 is 15.9 Å². The first kappa shape index (κ1) is 20.4. The summed E-state index contributed by atoms with van der Waals surface area (Å²) < 4.78 is 36.6. The first-order valence-corrected chi connectivity index (χ1v) is 10.5. The first-order valence-electron chi connectivity index (χ1n) is 8.68. The first-order chi connectivity index (χ1) is 13.3. The van der Waals surface area contributed by atoms with Crippen LogP contribution in [0.2, 0.25) is 5.02 Å². The molecular formula is C19H21ClN2O5S. The van der Waals surface area contributed by atoms with Gasteiger partial charge in [0.15, 0.2) is 11.5 Å². The second kappa shape index (κ2) is 8.38. The number of hydrogen-bond acceptors (Lipinski definition) is 5. The second-order valence-electron chi connectivity index (χ2n) is 6.41. The molecule has 0 saturated heterocycles. The molecular weight excluding hydrogens is 404 g/mol. The molecule has 1 aliphatic rings. The summed E-state index contributed by atoms with van der Waals surface area (Å²) in [5.41, 5.74) is 1.10. The Labute approximate surface area is 169 Å². The normalized spacial score (nSPS) is 13.4. The van der Waals surface area contributed by atoms with E-state index in [9.17, 15) is 13.2 Å². The minimum absolute atomic E-state index is 0.0129. The molecule has 0 saturated carbocycles. The van der Waals surface area contributed by atoms with Crippen molar-refractivity contribution in [3.8, 4) is 11.5 Å². The van der Waals surface area contributed by atoms with Crippen molar-refractivity contribution in [3.63, 3.8) is 0 Å². The minimum Gasteiger partial charge on any atom is -0.486 e. The van der Waals surface area contributed by atoms with Gasteiger partial charge in [-0.15, -0.1) is 0 Å². The highest BCUT2D eigenvalue weighted by molar-refractivity contribution is 7.89. The van der Waals surface area contributed by atoms with E-state index in [4.69, 9.17) is 21.1 Å². The van der Waals surface area contributed by atoms with Gasteiger partial charge in [-0.05, 0) is 42.3 Å². The van der Waals surface area contributed by atoms with Gasteiger partial charge in [0.1, 0.15) is 13.2 Å². The lowest BCUT2D eigenvalue weighted by atomic mass is 10.1. The second-order valence-corrected chi connectivity index (χ2v) is 8.97. The van der Waals surface area contributed by atoms with Crippen molar-refractivity contribution in [1.82, 2.24) is 9.62 Å². The number of carbonyl (C=O) groups excluding carboxylic acids is 1. The maximum absolute atomic E-state index is 12.5. The minimum atomic E-state index is -3.65. The zero-order valence-electron chi connectivity index (χ0n) is 15.6. The van der Waals surface area contributed by atoms with Gasteiger partial charge >= 0.3 is 0 Å². The molecule has 7 nitrogen and oxygen atoms in total. The average Bonchev–Trinajstić information content (AvgIpc) is 2.67. The van der Waals surface area contributed by atoms with E-state index in [0.29, 0.717) is 37.7 Å². The average molecular weight is 425 g/mol. The fourth-order valence-corrected chi connectivity index (χ4v) is 3.84. The predicted octanol–water partition coefficient (Wildman–Crippen LogP) is 2.33. The van der Waals surface area contributed by atoms with Gasteiger partial charge in [-0.25, -0.2) is 12.7 Å². The van der Waals surface area contributed by atoms with Crippen LogP contribution in [-0.4, -0.2) is 52.5 Å². The van der Waals surface area contributed by atoms with Crippen molar-refractivity contribution < 1.29 is 22.7 Å². The summed E-state index contributed by atoms with van der Waals surface area (Å²) in [5, 5.41) is 2.96. The molecule has 0 unspecified atom stereocenters. The van der Waals surface area contributed by atoms with E-state index in [1.54, 1.807) is 0 Å². The molecule has 0 radical (unpaired) electrons. The van der Waals surface area contributed by atoms with Crippen molar-refractivity contribution in [3.05, 3.63) is 52.5 Å². The van der Waals surface area contributed by atoms with E-state index in [2.05, 4.69) is 5.32 Å². The molecule has 28 heavy (non-hydrogen) atoms. The smallest absolute Gasteiger partial charge is 0.252 e. The Morgan fingerprint density at radius 1 is 1.11 bits per heavy atom. The van der Waals surface area contributed by atoms with Gasteiger partial charge in [-0.2, -0.15) is 0 Å². The molecule has 1 aliphatic heterocycles. The molecule has 9 heteroatoms. The molecule has 2 aromatic rings. The van der Waals surface area contributed by atoms with Crippen LogP contribution >= 0.6 is 11.6 Å².